The van der Waals surface area contributed by atoms with Crippen molar-refractivity contribution in [2.75, 3.05) is 11.9 Å². The molecule has 0 saturated carbocycles. The fourth-order valence-electron chi connectivity index (χ4n) is 3.17. The average molecular weight is 385 g/mol. The van der Waals surface area contributed by atoms with Gasteiger partial charge in [0.15, 0.2) is 10.9 Å². The fraction of sp³-hybridized carbons (Fsp3) is 0.350. The van der Waals surface area contributed by atoms with Crippen molar-refractivity contribution in [2.45, 2.75) is 39.7 Å². The zero-order valence-corrected chi connectivity index (χ0v) is 16.6. The number of rotatable bonds is 6. The van der Waals surface area contributed by atoms with Gasteiger partial charge in [-0.05, 0) is 38.0 Å². The second kappa shape index (κ2) is 8.35. The van der Waals surface area contributed by atoms with Gasteiger partial charge in [0.1, 0.15) is 5.76 Å². The Morgan fingerprint density at radius 3 is 2.70 bits per heavy atom. The van der Waals surface area contributed by atoms with E-state index in [0.29, 0.717) is 22.3 Å². The molecule has 0 radical (unpaired) electrons. The highest BCUT2D eigenvalue weighted by Crippen LogP contribution is 2.31. The zero-order chi connectivity index (χ0) is 19.4. The lowest BCUT2D eigenvalue weighted by atomic mass is 9.94. The summed E-state index contributed by atoms with van der Waals surface area (Å²) in [4.78, 5) is 15.1. The lowest BCUT2D eigenvalue weighted by molar-refractivity contribution is -0.113. The Morgan fingerprint density at radius 1 is 1.33 bits per heavy atom. The molecule has 0 saturated heterocycles. The Morgan fingerprint density at radius 2 is 2.07 bits per heavy atom. The number of thiocarbonyl (C=S) groups is 1. The quantitative estimate of drug-likeness (QED) is 0.736. The van der Waals surface area contributed by atoms with Crippen molar-refractivity contribution in [1.29, 1.82) is 0 Å². The van der Waals surface area contributed by atoms with E-state index >= 15 is 0 Å². The molecule has 1 amide bonds. The fourth-order valence-corrected chi connectivity index (χ4v) is 3.51. The van der Waals surface area contributed by atoms with E-state index in [1.54, 1.807) is 13.0 Å². The molecule has 2 heterocycles. The molecular weight excluding hydrogens is 360 g/mol. The number of hydrogen-bond acceptors (Lipinski definition) is 4. The largest absolute Gasteiger partial charge is 0.360 e. The predicted molar refractivity (Wildman–Crippen MR) is 109 cm³/mol. The molecule has 27 heavy (non-hydrogen) atoms. The van der Waals surface area contributed by atoms with E-state index < -0.39 is 0 Å². The molecule has 1 aromatic heterocycles. The van der Waals surface area contributed by atoms with Gasteiger partial charge in [0.2, 0.25) is 0 Å². The van der Waals surface area contributed by atoms with Gasteiger partial charge in [-0.3, -0.25) is 4.79 Å². The molecule has 1 aliphatic rings. The number of nitrogens with one attached hydrogen (secondary N) is 2. The van der Waals surface area contributed by atoms with Crippen LogP contribution in [-0.4, -0.2) is 27.6 Å². The van der Waals surface area contributed by atoms with Crippen LogP contribution in [0.3, 0.4) is 0 Å². The van der Waals surface area contributed by atoms with Crippen molar-refractivity contribution in [3.8, 4) is 0 Å². The number of anilines is 1. The molecule has 1 unspecified atom stereocenters. The first-order valence-electron chi connectivity index (χ1n) is 9.09. The summed E-state index contributed by atoms with van der Waals surface area (Å²) < 4.78 is 5.05. The molecule has 1 atom stereocenters. The molecule has 2 N–H and O–H groups in total. The minimum atomic E-state index is -0.315. The third-order valence-corrected chi connectivity index (χ3v) is 4.92. The second-order valence-corrected chi connectivity index (χ2v) is 6.96. The van der Waals surface area contributed by atoms with Gasteiger partial charge in [-0.1, -0.05) is 48.8 Å². The third kappa shape index (κ3) is 4.19. The average Bonchev–Trinajstić information content (AvgIpc) is 3.06. The first-order chi connectivity index (χ1) is 13.0. The van der Waals surface area contributed by atoms with Gasteiger partial charge in [0.25, 0.3) is 5.91 Å². The maximum atomic E-state index is 13.1. The van der Waals surface area contributed by atoms with E-state index in [1.165, 1.54) is 0 Å². The SMILES string of the molecule is CCCCN1C(=S)NC(c2ccccc2)C(C(=O)Nc2cc(C)on2)=C1C. The monoisotopic (exact) mass is 384 g/mol. The summed E-state index contributed by atoms with van der Waals surface area (Å²) in [7, 11) is 0. The van der Waals surface area contributed by atoms with Crippen LogP contribution in [0.15, 0.2) is 52.2 Å². The van der Waals surface area contributed by atoms with Crippen LogP contribution < -0.4 is 10.6 Å². The van der Waals surface area contributed by atoms with Gasteiger partial charge in [0.05, 0.1) is 11.6 Å². The highest BCUT2D eigenvalue weighted by molar-refractivity contribution is 7.80. The normalized spacial score (nSPS) is 17.1. The summed E-state index contributed by atoms with van der Waals surface area (Å²) in [5.41, 5.74) is 2.47. The third-order valence-electron chi connectivity index (χ3n) is 4.58. The van der Waals surface area contributed by atoms with Crippen molar-refractivity contribution >= 4 is 29.1 Å². The Kier molecular flexibility index (Phi) is 5.91. The lowest BCUT2D eigenvalue weighted by Crippen LogP contribution is -2.48. The standard InChI is InChI=1S/C20H24N4O2S/c1-4-5-11-24-14(3)17(19(25)21-16-12-13(2)26-23-16)18(22-20(24)27)15-9-7-6-8-10-15/h6-10,12,18H,4-5,11H2,1-3H3,(H,22,27)(H,21,23,25). The molecule has 142 valence electrons. The summed E-state index contributed by atoms with van der Waals surface area (Å²) in [5.74, 6) is 0.826. The molecule has 0 fully saturated rings. The molecule has 2 aromatic rings. The van der Waals surface area contributed by atoms with E-state index in [9.17, 15) is 4.79 Å². The van der Waals surface area contributed by atoms with Crippen LogP contribution in [0.5, 0.6) is 0 Å². The summed E-state index contributed by atoms with van der Waals surface area (Å²) in [6.45, 7) is 6.64. The zero-order valence-electron chi connectivity index (χ0n) is 15.8. The number of allylic oxidation sites excluding steroid dienone is 1. The number of hydrogen-bond donors (Lipinski definition) is 2. The van der Waals surface area contributed by atoms with Crippen LogP contribution in [0.2, 0.25) is 0 Å². The maximum absolute atomic E-state index is 13.1. The smallest absolute Gasteiger partial charge is 0.257 e. The highest BCUT2D eigenvalue weighted by atomic mass is 32.1. The first kappa shape index (κ1) is 19.1. The van der Waals surface area contributed by atoms with Crippen LogP contribution in [0.25, 0.3) is 0 Å². The van der Waals surface area contributed by atoms with Crippen molar-refractivity contribution in [3.63, 3.8) is 0 Å². The number of unbranched alkanes of at least 4 members (excludes halogenated alkanes) is 1. The summed E-state index contributed by atoms with van der Waals surface area (Å²) >= 11 is 5.59. The Labute approximate surface area is 164 Å². The molecule has 7 heteroatoms. The van der Waals surface area contributed by atoms with E-state index in [2.05, 4.69) is 22.7 Å². The van der Waals surface area contributed by atoms with Crippen LogP contribution in [0, 0.1) is 6.92 Å². The van der Waals surface area contributed by atoms with E-state index in [0.717, 1.165) is 30.6 Å². The van der Waals surface area contributed by atoms with Crippen LogP contribution >= 0.6 is 12.2 Å². The van der Waals surface area contributed by atoms with Gasteiger partial charge in [-0.15, -0.1) is 0 Å². The molecule has 3 rings (SSSR count). The molecule has 1 aliphatic heterocycles. The van der Waals surface area contributed by atoms with Gasteiger partial charge in [0, 0.05) is 18.3 Å². The minimum absolute atomic E-state index is 0.217. The number of aryl methyl sites for hydroxylation is 1. The van der Waals surface area contributed by atoms with Crippen molar-refractivity contribution < 1.29 is 9.32 Å². The van der Waals surface area contributed by atoms with Gasteiger partial charge in [-0.25, -0.2) is 0 Å². The molecule has 0 aliphatic carbocycles. The predicted octanol–water partition coefficient (Wildman–Crippen LogP) is 3.93. The van der Waals surface area contributed by atoms with Crippen LogP contribution in [0.1, 0.15) is 44.1 Å². The Bertz CT molecular complexity index is 860. The van der Waals surface area contributed by atoms with Gasteiger partial charge in [-0.2, -0.15) is 0 Å². The summed E-state index contributed by atoms with van der Waals surface area (Å²) in [5, 5.41) is 10.7. The van der Waals surface area contributed by atoms with Crippen molar-refractivity contribution in [3.05, 3.63) is 59.0 Å². The Balaban J connectivity index is 1.98. The van der Waals surface area contributed by atoms with Gasteiger partial charge >= 0.3 is 0 Å². The molecule has 0 bridgehead atoms. The summed E-state index contributed by atoms with van der Waals surface area (Å²) in [6, 6.07) is 11.2. The number of amides is 1. The van der Waals surface area contributed by atoms with E-state index in [1.807, 2.05) is 42.2 Å². The maximum Gasteiger partial charge on any atom is 0.257 e. The Hall–Kier alpha value is -2.67. The molecule has 6 nitrogen and oxygen atoms in total. The number of nitrogens with zero attached hydrogens (tertiary/aromatic N) is 2. The molecular formula is C20H24N4O2S. The van der Waals surface area contributed by atoms with E-state index in [4.69, 9.17) is 16.7 Å². The van der Waals surface area contributed by atoms with Crippen molar-refractivity contribution in [1.82, 2.24) is 15.4 Å². The van der Waals surface area contributed by atoms with Gasteiger partial charge < -0.3 is 20.1 Å². The second-order valence-electron chi connectivity index (χ2n) is 6.57. The van der Waals surface area contributed by atoms with Crippen molar-refractivity contribution in [2.24, 2.45) is 0 Å². The number of carbonyl (C=O) groups excluding carboxylic acids is 1. The van der Waals surface area contributed by atoms with Crippen LogP contribution in [0.4, 0.5) is 5.82 Å². The molecule has 0 spiro atoms. The number of carbonyl (C=O) groups is 1. The van der Waals surface area contributed by atoms with Crippen LogP contribution in [-0.2, 0) is 4.79 Å². The topological polar surface area (TPSA) is 70.4 Å². The lowest BCUT2D eigenvalue weighted by Gasteiger charge is -2.38. The number of benzene rings is 1. The number of aromatic nitrogens is 1. The summed E-state index contributed by atoms with van der Waals surface area (Å²) in [6.07, 6.45) is 2.04. The minimum Gasteiger partial charge on any atom is -0.360 e. The molecule has 1 aromatic carbocycles. The highest BCUT2D eigenvalue weighted by Gasteiger charge is 2.33. The van der Waals surface area contributed by atoms with E-state index in [-0.39, 0.29) is 11.9 Å². The first-order valence-corrected chi connectivity index (χ1v) is 9.50.